The Morgan fingerprint density at radius 2 is 2.21 bits per heavy atom. The van der Waals surface area contributed by atoms with Crippen molar-refractivity contribution >= 4 is 21.9 Å². The van der Waals surface area contributed by atoms with E-state index in [0.717, 1.165) is 18.7 Å². The molecule has 1 aliphatic heterocycles. The number of hydrogen-bond acceptors (Lipinski definition) is 2. The van der Waals surface area contributed by atoms with Crippen LogP contribution in [0.3, 0.4) is 0 Å². The third-order valence-electron chi connectivity index (χ3n) is 4.20. The van der Waals surface area contributed by atoms with Gasteiger partial charge in [0.05, 0.1) is 5.52 Å². The van der Waals surface area contributed by atoms with Crippen molar-refractivity contribution < 1.29 is 0 Å². The van der Waals surface area contributed by atoms with Crippen LogP contribution in [-0.2, 0) is 0 Å². The van der Waals surface area contributed by atoms with Crippen molar-refractivity contribution in [3.8, 4) is 0 Å². The predicted molar refractivity (Wildman–Crippen MR) is 77.3 cm³/mol. The van der Waals surface area contributed by atoms with E-state index < -0.39 is 0 Å². The summed E-state index contributed by atoms with van der Waals surface area (Å²) in [5.74, 6) is 0. The van der Waals surface area contributed by atoms with Crippen molar-refractivity contribution in [1.29, 1.82) is 0 Å². The zero-order valence-corrected chi connectivity index (χ0v) is 10.9. The third-order valence-corrected chi connectivity index (χ3v) is 4.20. The van der Waals surface area contributed by atoms with Gasteiger partial charge in [0.2, 0.25) is 0 Å². The average Bonchev–Trinajstić information content (AvgIpc) is 2.98. The number of pyridine rings is 1. The van der Waals surface area contributed by atoms with Crippen molar-refractivity contribution in [1.82, 2.24) is 19.9 Å². The second kappa shape index (κ2) is 4.38. The molecule has 0 bridgehead atoms. The molecule has 4 rings (SSSR count). The van der Waals surface area contributed by atoms with Gasteiger partial charge in [0, 0.05) is 35.4 Å². The first kappa shape index (κ1) is 11.1. The highest BCUT2D eigenvalue weighted by atomic mass is 15.0. The van der Waals surface area contributed by atoms with Gasteiger partial charge in [0.1, 0.15) is 5.65 Å². The molecule has 4 heteroatoms. The Kier molecular flexibility index (Phi) is 2.55. The van der Waals surface area contributed by atoms with Gasteiger partial charge < -0.3 is 14.9 Å². The molecule has 0 aliphatic carbocycles. The lowest BCUT2D eigenvalue weighted by Crippen LogP contribution is -2.15. The quantitative estimate of drug-likeness (QED) is 0.701. The predicted octanol–water partition coefficient (Wildman–Crippen LogP) is 2.83. The minimum absolute atomic E-state index is 0.605. The zero-order valence-electron chi connectivity index (χ0n) is 10.9. The summed E-state index contributed by atoms with van der Waals surface area (Å²) in [6, 6.07) is 4.93. The van der Waals surface area contributed by atoms with Gasteiger partial charge in [0.25, 0.3) is 0 Å². The molecule has 0 aromatic carbocycles. The molecule has 1 saturated heterocycles. The molecule has 1 unspecified atom stereocenters. The van der Waals surface area contributed by atoms with Crippen LogP contribution in [0, 0.1) is 0 Å². The summed E-state index contributed by atoms with van der Waals surface area (Å²) < 4.78 is 2.46. The number of fused-ring (bicyclic) bond motifs is 3. The Hall–Kier alpha value is -1.81. The summed E-state index contributed by atoms with van der Waals surface area (Å²) in [6.07, 6.45) is 9.90. The van der Waals surface area contributed by atoms with Crippen LogP contribution in [0.4, 0.5) is 0 Å². The van der Waals surface area contributed by atoms with Crippen molar-refractivity contribution in [3.63, 3.8) is 0 Å². The maximum absolute atomic E-state index is 4.47. The van der Waals surface area contributed by atoms with Gasteiger partial charge in [-0.1, -0.05) is 0 Å². The van der Waals surface area contributed by atoms with Crippen LogP contribution >= 0.6 is 0 Å². The van der Waals surface area contributed by atoms with E-state index in [4.69, 9.17) is 0 Å². The molecular weight excluding hydrogens is 236 g/mol. The summed E-state index contributed by atoms with van der Waals surface area (Å²) in [7, 11) is 0. The van der Waals surface area contributed by atoms with E-state index in [2.05, 4.69) is 38.2 Å². The zero-order chi connectivity index (χ0) is 12.7. The molecule has 0 saturated carbocycles. The lowest BCUT2D eigenvalue weighted by molar-refractivity contribution is 0.468. The number of H-pyrrole nitrogens is 1. The Morgan fingerprint density at radius 1 is 1.21 bits per heavy atom. The van der Waals surface area contributed by atoms with E-state index in [1.54, 1.807) is 0 Å². The van der Waals surface area contributed by atoms with Gasteiger partial charge in [-0.3, -0.25) is 0 Å². The molecule has 0 spiro atoms. The number of nitrogens with one attached hydrogen (secondary N) is 2. The number of rotatable bonds is 1. The van der Waals surface area contributed by atoms with Crippen LogP contribution in [0.1, 0.15) is 25.3 Å². The second-order valence-corrected chi connectivity index (χ2v) is 5.36. The number of aromatic nitrogens is 3. The molecule has 1 atom stereocenters. The lowest BCUT2D eigenvalue weighted by Gasteiger charge is -2.18. The SMILES string of the molecule is c1cc2c(ncc3ccn(C4CCCNCC4)c32)[nH]1. The smallest absolute Gasteiger partial charge is 0.139 e. The van der Waals surface area contributed by atoms with Crippen molar-refractivity contribution in [3.05, 3.63) is 30.7 Å². The molecule has 2 N–H and O–H groups in total. The van der Waals surface area contributed by atoms with Crippen molar-refractivity contribution in [2.45, 2.75) is 25.3 Å². The van der Waals surface area contributed by atoms with E-state index in [-0.39, 0.29) is 0 Å². The Balaban J connectivity index is 1.90. The molecule has 3 aromatic heterocycles. The maximum Gasteiger partial charge on any atom is 0.139 e. The third kappa shape index (κ3) is 1.75. The second-order valence-electron chi connectivity index (χ2n) is 5.36. The van der Waals surface area contributed by atoms with E-state index in [1.807, 2.05) is 12.4 Å². The van der Waals surface area contributed by atoms with E-state index in [0.29, 0.717) is 6.04 Å². The first-order valence-corrected chi connectivity index (χ1v) is 7.07. The largest absolute Gasteiger partial charge is 0.346 e. The minimum atomic E-state index is 0.605. The van der Waals surface area contributed by atoms with Crippen molar-refractivity contribution in [2.75, 3.05) is 13.1 Å². The standard InChI is InChI=1S/C15H18N4/c1-2-12(3-7-16-6-1)19-9-5-11-10-18-15-13(14(11)19)4-8-17-15/h4-5,8-10,12,16H,1-3,6-7H2,(H,17,18). The molecule has 0 radical (unpaired) electrons. The Labute approximate surface area is 111 Å². The van der Waals surface area contributed by atoms with Crippen molar-refractivity contribution in [2.24, 2.45) is 0 Å². The normalized spacial score (nSPS) is 20.9. The fourth-order valence-corrected chi connectivity index (χ4v) is 3.24. The van der Waals surface area contributed by atoms with Crippen LogP contribution in [-0.4, -0.2) is 27.6 Å². The molecule has 0 amide bonds. The highest BCUT2D eigenvalue weighted by Crippen LogP contribution is 2.30. The fourth-order valence-electron chi connectivity index (χ4n) is 3.24. The molecular formula is C15H18N4. The molecule has 98 valence electrons. The molecule has 1 aliphatic rings. The van der Waals surface area contributed by atoms with Gasteiger partial charge in [-0.25, -0.2) is 4.98 Å². The summed E-state index contributed by atoms with van der Waals surface area (Å²) in [4.78, 5) is 7.67. The molecule has 19 heavy (non-hydrogen) atoms. The Bertz CT molecular complexity index is 701. The maximum atomic E-state index is 4.47. The summed E-state index contributed by atoms with van der Waals surface area (Å²) in [6.45, 7) is 2.27. The summed E-state index contributed by atoms with van der Waals surface area (Å²) >= 11 is 0. The fraction of sp³-hybridized carbons (Fsp3) is 0.400. The minimum Gasteiger partial charge on any atom is -0.346 e. The van der Waals surface area contributed by atoms with Gasteiger partial charge in [-0.05, 0) is 44.5 Å². The average molecular weight is 254 g/mol. The van der Waals surface area contributed by atoms with Crippen LogP contribution in [0.25, 0.3) is 21.9 Å². The van der Waals surface area contributed by atoms with Crippen LogP contribution < -0.4 is 5.32 Å². The monoisotopic (exact) mass is 254 g/mol. The molecule has 4 heterocycles. The van der Waals surface area contributed by atoms with E-state index in [9.17, 15) is 0 Å². The van der Waals surface area contributed by atoms with Gasteiger partial charge >= 0.3 is 0 Å². The van der Waals surface area contributed by atoms with E-state index >= 15 is 0 Å². The highest BCUT2D eigenvalue weighted by Gasteiger charge is 2.17. The molecule has 4 nitrogen and oxygen atoms in total. The first-order chi connectivity index (χ1) is 9.43. The molecule has 1 fully saturated rings. The number of aromatic amines is 1. The summed E-state index contributed by atoms with van der Waals surface area (Å²) in [5.41, 5.74) is 2.32. The van der Waals surface area contributed by atoms with Crippen LogP contribution in [0.2, 0.25) is 0 Å². The highest BCUT2D eigenvalue weighted by molar-refractivity contribution is 6.02. The van der Waals surface area contributed by atoms with Crippen LogP contribution in [0.15, 0.2) is 30.7 Å². The van der Waals surface area contributed by atoms with Gasteiger partial charge in [-0.15, -0.1) is 0 Å². The van der Waals surface area contributed by atoms with Gasteiger partial charge in [0.15, 0.2) is 0 Å². The molecule has 3 aromatic rings. The van der Waals surface area contributed by atoms with Gasteiger partial charge in [-0.2, -0.15) is 0 Å². The number of hydrogen-bond donors (Lipinski definition) is 2. The van der Waals surface area contributed by atoms with Crippen LogP contribution in [0.5, 0.6) is 0 Å². The topological polar surface area (TPSA) is 45.6 Å². The number of nitrogens with zero attached hydrogens (tertiary/aromatic N) is 2. The first-order valence-electron chi connectivity index (χ1n) is 7.07. The Morgan fingerprint density at radius 3 is 3.21 bits per heavy atom. The lowest BCUT2D eigenvalue weighted by atomic mass is 10.1. The van der Waals surface area contributed by atoms with E-state index in [1.165, 1.54) is 35.6 Å². The summed E-state index contributed by atoms with van der Waals surface area (Å²) in [5, 5.41) is 5.96.